The number of carbonyl (C=O) groups is 1. The summed E-state index contributed by atoms with van der Waals surface area (Å²) in [6, 6.07) is 5.58. The number of piperidine rings is 1. The smallest absolute Gasteiger partial charge is 0.241 e. The summed E-state index contributed by atoms with van der Waals surface area (Å²) < 4.78 is 0.856. The molecule has 0 spiro atoms. The molecular weight excluding hydrogens is 338 g/mol. The lowest BCUT2D eigenvalue weighted by molar-refractivity contribution is -0.130. The number of carbonyl (C=O) groups excluding carboxylic acids is 1. The van der Waals surface area contributed by atoms with Gasteiger partial charge in [-0.25, -0.2) is 0 Å². The number of rotatable bonds is 4. The van der Waals surface area contributed by atoms with Crippen molar-refractivity contribution in [1.82, 2.24) is 4.90 Å². The van der Waals surface area contributed by atoms with Crippen molar-refractivity contribution in [3.8, 4) is 0 Å². The molecule has 3 N–H and O–H groups in total. The van der Waals surface area contributed by atoms with Crippen LogP contribution in [-0.4, -0.2) is 35.4 Å². The summed E-state index contributed by atoms with van der Waals surface area (Å²) in [5.74, 6) is 0.148. The molecular formula is C14H18BrN3OS. The zero-order valence-electron chi connectivity index (χ0n) is 11.2. The highest BCUT2D eigenvalue weighted by atomic mass is 79.9. The summed E-state index contributed by atoms with van der Waals surface area (Å²) in [6.07, 6.45) is 3.44. The van der Waals surface area contributed by atoms with E-state index in [-0.39, 0.29) is 5.91 Å². The van der Waals surface area contributed by atoms with Crippen LogP contribution in [0, 0.1) is 0 Å². The second-order valence-electron chi connectivity index (χ2n) is 4.85. The van der Waals surface area contributed by atoms with Crippen molar-refractivity contribution in [1.29, 1.82) is 0 Å². The first-order valence-electron chi connectivity index (χ1n) is 6.69. The Bertz CT molecular complexity index is 515. The normalized spacial score (nSPS) is 14.9. The number of anilines is 1. The molecule has 0 aliphatic carbocycles. The second kappa shape index (κ2) is 7.04. The molecule has 1 aromatic carbocycles. The van der Waals surface area contributed by atoms with Crippen LogP contribution in [0.25, 0.3) is 0 Å². The largest absolute Gasteiger partial charge is 0.389 e. The van der Waals surface area contributed by atoms with Gasteiger partial charge >= 0.3 is 0 Å². The van der Waals surface area contributed by atoms with Gasteiger partial charge in [0.05, 0.1) is 6.54 Å². The van der Waals surface area contributed by atoms with E-state index in [4.69, 9.17) is 18.0 Å². The van der Waals surface area contributed by atoms with Crippen LogP contribution < -0.4 is 11.1 Å². The van der Waals surface area contributed by atoms with Gasteiger partial charge in [0, 0.05) is 28.8 Å². The molecule has 2 rings (SSSR count). The molecule has 20 heavy (non-hydrogen) atoms. The van der Waals surface area contributed by atoms with E-state index in [1.54, 1.807) is 0 Å². The van der Waals surface area contributed by atoms with Gasteiger partial charge in [-0.05, 0) is 53.4 Å². The monoisotopic (exact) mass is 355 g/mol. The van der Waals surface area contributed by atoms with E-state index in [0.717, 1.165) is 41.7 Å². The third-order valence-corrected chi connectivity index (χ3v) is 4.28. The topological polar surface area (TPSA) is 58.4 Å². The second-order valence-corrected chi connectivity index (χ2v) is 6.15. The van der Waals surface area contributed by atoms with E-state index in [1.807, 2.05) is 23.1 Å². The lowest BCUT2D eigenvalue weighted by Gasteiger charge is -2.27. The summed E-state index contributed by atoms with van der Waals surface area (Å²) in [7, 11) is 0. The first-order valence-corrected chi connectivity index (χ1v) is 7.89. The molecule has 1 amide bonds. The van der Waals surface area contributed by atoms with Crippen LogP contribution in [0.4, 0.5) is 5.69 Å². The zero-order valence-corrected chi connectivity index (χ0v) is 13.6. The fraction of sp³-hybridized carbons (Fsp3) is 0.429. The number of thiocarbonyl (C=S) groups is 1. The zero-order chi connectivity index (χ0) is 14.5. The van der Waals surface area contributed by atoms with Gasteiger partial charge in [0.15, 0.2) is 0 Å². The number of nitrogens with two attached hydrogens (primary N) is 1. The van der Waals surface area contributed by atoms with Crippen LogP contribution in [0.1, 0.15) is 24.8 Å². The summed E-state index contributed by atoms with van der Waals surface area (Å²) in [4.78, 5) is 14.4. The number of nitrogens with zero attached hydrogens (tertiary/aromatic N) is 1. The number of likely N-dealkylation sites (tertiary alicyclic amines) is 1. The van der Waals surface area contributed by atoms with E-state index in [0.29, 0.717) is 11.5 Å². The van der Waals surface area contributed by atoms with Crippen molar-refractivity contribution in [2.24, 2.45) is 5.73 Å². The number of hydrogen-bond donors (Lipinski definition) is 2. The molecule has 1 aliphatic heterocycles. The van der Waals surface area contributed by atoms with Crippen LogP contribution in [0.2, 0.25) is 0 Å². The van der Waals surface area contributed by atoms with E-state index in [2.05, 4.69) is 21.2 Å². The van der Waals surface area contributed by atoms with Gasteiger partial charge in [-0.2, -0.15) is 0 Å². The molecule has 1 saturated heterocycles. The highest BCUT2D eigenvalue weighted by molar-refractivity contribution is 9.10. The minimum atomic E-state index is 0.148. The molecule has 0 atom stereocenters. The van der Waals surface area contributed by atoms with Crippen molar-refractivity contribution in [3.63, 3.8) is 0 Å². The molecule has 108 valence electrons. The van der Waals surface area contributed by atoms with E-state index in [9.17, 15) is 4.79 Å². The molecule has 0 radical (unpaired) electrons. The third-order valence-electron chi connectivity index (χ3n) is 3.39. The van der Waals surface area contributed by atoms with Gasteiger partial charge in [0.25, 0.3) is 0 Å². The molecule has 6 heteroatoms. The minimum Gasteiger partial charge on any atom is -0.389 e. The Morgan fingerprint density at radius 1 is 1.35 bits per heavy atom. The average molecular weight is 356 g/mol. The third kappa shape index (κ3) is 3.93. The first-order chi connectivity index (χ1) is 9.58. The standard InChI is InChI=1S/C14H18BrN3OS/c15-11-8-10(14(16)20)4-5-12(11)17-9-13(19)18-6-2-1-3-7-18/h4-5,8,17H,1-3,6-7,9H2,(H2,16,20). The van der Waals surface area contributed by atoms with Crippen molar-refractivity contribution in [2.45, 2.75) is 19.3 Å². The maximum Gasteiger partial charge on any atom is 0.241 e. The number of hydrogen-bond acceptors (Lipinski definition) is 3. The summed E-state index contributed by atoms with van der Waals surface area (Å²) in [5.41, 5.74) is 7.26. The Balaban J connectivity index is 1.93. The quantitative estimate of drug-likeness (QED) is 0.814. The Morgan fingerprint density at radius 2 is 2.05 bits per heavy atom. The van der Waals surface area contributed by atoms with Gasteiger partial charge in [-0.15, -0.1) is 0 Å². The van der Waals surface area contributed by atoms with Crippen LogP contribution in [0.15, 0.2) is 22.7 Å². The molecule has 0 unspecified atom stereocenters. The Labute approximate surface area is 132 Å². The first kappa shape index (κ1) is 15.3. The Morgan fingerprint density at radius 3 is 2.65 bits per heavy atom. The van der Waals surface area contributed by atoms with Crippen LogP contribution in [-0.2, 0) is 4.79 Å². The van der Waals surface area contributed by atoms with E-state index >= 15 is 0 Å². The predicted molar refractivity (Wildman–Crippen MR) is 89.0 cm³/mol. The maximum absolute atomic E-state index is 12.1. The summed E-state index contributed by atoms with van der Waals surface area (Å²) in [5, 5.41) is 3.15. The van der Waals surface area contributed by atoms with Crippen molar-refractivity contribution in [3.05, 3.63) is 28.2 Å². The number of amides is 1. The molecule has 1 aliphatic rings. The molecule has 0 saturated carbocycles. The highest BCUT2D eigenvalue weighted by Crippen LogP contribution is 2.23. The van der Waals surface area contributed by atoms with Gasteiger partial charge in [0.2, 0.25) is 5.91 Å². The van der Waals surface area contributed by atoms with Crippen LogP contribution in [0.5, 0.6) is 0 Å². The number of halogens is 1. The average Bonchev–Trinajstić information content (AvgIpc) is 2.46. The molecule has 0 aromatic heterocycles. The van der Waals surface area contributed by atoms with Gasteiger partial charge in [-0.1, -0.05) is 12.2 Å². The molecule has 1 heterocycles. The molecule has 1 fully saturated rings. The predicted octanol–water partition coefficient (Wildman–Crippen LogP) is 2.51. The van der Waals surface area contributed by atoms with E-state index < -0.39 is 0 Å². The lowest BCUT2D eigenvalue weighted by atomic mass is 10.1. The van der Waals surface area contributed by atoms with E-state index in [1.165, 1.54) is 6.42 Å². The van der Waals surface area contributed by atoms with Crippen LogP contribution >= 0.6 is 28.1 Å². The lowest BCUT2D eigenvalue weighted by Crippen LogP contribution is -2.39. The van der Waals surface area contributed by atoms with Gasteiger partial charge in [0.1, 0.15) is 4.99 Å². The minimum absolute atomic E-state index is 0.148. The fourth-order valence-corrected chi connectivity index (χ4v) is 2.88. The van der Waals surface area contributed by atoms with Gasteiger partial charge < -0.3 is 16.0 Å². The number of benzene rings is 1. The molecule has 4 nitrogen and oxygen atoms in total. The van der Waals surface area contributed by atoms with Crippen molar-refractivity contribution in [2.75, 3.05) is 25.0 Å². The van der Waals surface area contributed by atoms with Crippen LogP contribution in [0.3, 0.4) is 0 Å². The Kier molecular flexibility index (Phi) is 5.37. The van der Waals surface area contributed by atoms with Crippen molar-refractivity contribution >= 4 is 44.7 Å². The van der Waals surface area contributed by atoms with Gasteiger partial charge in [-0.3, -0.25) is 4.79 Å². The molecule has 1 aromatic rings. The number of nitrogens with one attached hydrogen (secondary N) is 1. The SMILES string of the molecule is NC(=S)c1ccc(NCC(=O)N2CCCCC2)c(Br)c1. The Hall–Kier alpha value is -1.14. The highest BCUT2D eigenvalue weighted by Gasteiger charge is 2.16. The summed E-state index contributed by atoms with van der Waals surface area (Å²) >= 11 is 8.39. The molecule has 0 bridgehead atoms. The maximum atomic E-state index is 12.1. The summed E-state index contributed by atoms with van der Waals surface area (Å²) in [6.45, 7) is 2.06. The fourth-order valence-electron chi connectivity index (χ4n) is 2.24. The van der Waals surface area contributed by atoms with Crippen molar-refractivity contribution < 1.29 is 4.79 Å².